The molecular formula is C19H24N4O. The third kappa shape index (κ3) is 4.04. The summed E-state index contributed by atoms with van der Waals surface area (Å²) in [5, 5.41) is 6.76. The molecular weight excluding hydrogens is 300 g/mol. The molecule has 0 atom stereocenters. The van der Waals surface area contributed by atoms with Crippen LogP contribution >= 0.6 is 0 Å². The van der Waals surface area contributed by atoms with Crippen LogP contribution < -0.4 is 16.4 Å². The molecule has 0 radical (unpaired) electrons. The highest BCUT2D eigenvalue weighted by atomic mass is 16.1. The molecule has 126 valence electrons. The van der Waals surface area contributed by atoms with Crippen LogP contribution in [0.1, 0.15) is 48.0 Å². The van der Waals surface area contributed by atoms with Crippen LogP contribution in [0.2, 0.25) is 0 Å². The van der Waals surface area contributed by atoms with Gasteiger partial charge in [0.2, 0.25) is 0 Å². The van der Waals surface area contributed by atoms with Crippen molar-refractivity contribution in [2.75, 3.05) is 10.6 Å². The number of aryl methyl sites for hydroxylation is 1. The third-order valence-corrected chi connectivity index (χ3v) is 4.46. The standard InChI is InChI=1S/C19H24N4O/c1-13-7-9-15(10-8-13)23-18-11-17(16(12-21-18)19(20)24)22-14-5-3-2-4-6-14/h7-12,14H,2-6H2,1H3,(H2,20,24)(H2,21,22,23). The molecule has 1 aromatic heterocycles. The van der Waals surface area contributed by atoms with Gasteiger partial charge in [-0.05, 0) is 31.9 Å². The van der Waals surface area contributed by atoms with E-state index in [1.54, 1.807) is 6.20 Å². The summed E-state index contributed by atoms with van der Waals surface area (Å²) in [6.45, 7) is 2.05. The molecule has 1 aliphatic carbocycles. The van der Waals surface area contributed by atoms with Crippen LogP contribution in [0, 0.1) is 6.92 Å². The number of carbonyl (C=O) groups excluding carboxylic acids is 1. The first-order chi connectivity index (χ1) is 11.6. The normalized spacial score (nSPS) is 15.0. The lowest BCUT2D eigenvalue weighted by molar-refractivity contribution is 0.100. The zero-order chi connectivity index (χ0) is 16.9. The molecule has 1 amide bonds. The van der Waals surface area contributed by atoms with Crippen molar-refractivity contribution in [3.63, 3.8) is 0 Å². The number of primary amides is 1. The fraction of sp³-hybridized carbons (Fsp3) is 0.368. The fourth-order valence-electron chi connectivity index (χ4n) is 3.09. The topological polar surface area (TPSA) is 80.0 Å². The predicted molar refractivity (Wildman–Crippen MR) is 97.7 cm³/mol. The van der Waals surface area contributed by atoms with Crippen LogP contribution in [0.3, 0.4) is 0 Å². The lowest BCUT2D eigenvalue weighted by Crippen LogP contribution is -2.24. The van der Waals surface area contributed by atoms with Crippen molar-refractivity contribution in [1.29, 1.82) is 0 Å². The zero-order valence-electron chi connectivity index (χ0n) is 14.0. The summed E-state index contributed by atoms with van der Waals surface area (Å²) in [6.07, 6.45) is 7.54. The van der Waals surface area contributed by atoms with Crippen molar-refractivity contribution < 1.29 is 4.79 Å². The molecule has 1 saturated carbocycles. The molecule has 0 spiro atoms. The highest BCUT2D eigenvalue weighted by Gasteiger charge is 2.17. The van der Waals surface area contributed by atoms with Crippen LogP contribution in [0.5, 0.6) is 0 Å². The average molecular weight is 324 g/mol. The Balaban J connectivity index is 1.81. The molecule has 0 unspecified atom stereocenters. The maximum absolute atomic E-state index is 11.7. The molecule has 1 fully saturated rings. The van der Waals surface area contributed by atoms with E-state index in [-0.39, 0.29) is 0 Å². The molecule has 0 bridgehead atoms. The SMILES string of the molecule is Cc1ccc(Nc2cc(NC3CCCCC3)c(C(N)=O)cn2)cc1. The molecule has 24 heavy (non-hydrogen) atoms. The summed E-state index contributed by atoms with van der Waals surface area (Å²) >= 11 is 0. The van der Waals surface area contributed by atoms with Crippen molar-refractivity contribution in [3.05, 3.63) is 47.7 Å². The summed E-state index contributed by atoms with van der Waals surface area (Å²) in [4.78, 5) is 16.0. The second-order valence-electron chi connectivity index (χ2n) is 6.45. The number of amides is 1. The number of rotatable bonds is 5. The predicted octanol–water partition coefficient (Wildman–Crippen LogP) is 3.98. The van der Waals surface area contributed by atoms with Gasteiger partial charge < -0.3 is 16.4 Å². The van der Waals surface area contributed by atoms with Gasteiger partial charge in [0.05, 0.1) is 11.3 Å². The van der Waals surface area contributed by atoms with Gasteiger partial charge in [-0.25, -0.2) is 4.98 Å². The van der Waals surface area contributed by atoms with Gasteiger partial charge in [0, 0.05) is 24.0 Å². The molecule has 1 aromatic carbocycles. The van der Waals surface area contributed by atoms with Crippen LogP contribution in [0.15, 0.2) is 36.5 Å². The van der Waals surface area contributed by atoms with Crippen LogP contribution in [-0.2, 0) is 0 Å². The Labute approximate surface area is 142 Å². The molecule has 4 N–H and O–H groups in total. The van der Waals surface area contributed by atoms with Gasteiger partial charge in [0.1, 0.15) is 5.82 Å². The van der Waals surface area contributed by atoms with Gasteiger partial charge in [0.25, 0.3) is 5.91 Å². The number of anilines is 3. The number of nitrogens with zero attached hydrogens (tertiary/aromatic N) is 1. The van der Waals surface area contributed by atoms with Crippen molar-refractivity contribution >= 4 is 23.1 Å². The van der Waals surface area contributed by atoms with Gasteiger partial charge in [-0.2, -0.15) is 0 Å². The van der Waals surface area contributed by atoms with E-state index in [1.165, 1.54) is 24.8 Å². The number of carbonyl (C=O) groups is 1. The second kappa shape index (κ2) is 7.34. The molecule has 5 nitrogen and oxygen atoms in total. The Kier molecular flexibility index (Phi) is 4.99. The van der Waals surface area contributed by atoms with Gasteiger partial charge in [-0.1, -0.05) is 37.0 Å². The number of nitrogens with two attached hydrogens (primary N) is 1. The van der Waals surface area contributed by atoms with E-state index in [1.807, 2.05) is 30.3 Å². The van der Waals surface area contributed by atoms with E-state index >= 15 is 0 Å². The molecule has 1 aliphatic rings. The molecule has 5 heteroatoms. The summed E-state index contributed by atoms with van der Waals surface area (Å²) in [5.41, 5.74) is 8.87. The van der Waals surface area contributed by atoms with E-state index in [4.69, 9.17) is 5.73 Å². The number of hydrogen-bond acceptors (Lipinski definition) is 4. The maximum atomic E-state index is 11.7. The van der Waals surface area contributed by atoms with Crippen LogP contribution in [0.4, 0.5) is 17.2 Å². The van der Waals surface area contributed by atoms with Crippen LogP contribution in [0.25, 0.3) is 0 Å². The smallest absolute Gasteiger partial charge is 0.252 e. The highest BCUT2D eigenvalue weighted by Crippen LogP contribution is 2.26. The van der Waals surface area contributed by atoms with Crippen molar-refractivity contribution in [2.45, 2.75) is 45.1 Å². The first-order valence-electron chi connectivity index (χ1n) is 8.52. The lowest BCUT2D eigenvalue weighted by atomic mass is 9.95. The summed E-state index contributed by atoms with van der Waals surface area (Å²) in [5.74, 6) is 0.241. The van der Waals surface area contributed by atoms with Crippen molar-refractivity contribution in [2.24, 2.45) is 5.73 Å². The van der Waals surface area contributed by atoms with Crippen molar-refractivity contribution in [3.8, 4) is 0 Å². The van der Waals surface area contributed by atoms with Crippen molar-refractivity contribution in [1.82, 2.24) is 4.98 Å². The Morgan fingerprint density at radius 3 is 2.54 bits per heavy atom. The Morgan fingerprint density at radius 1 is 1.17 bits per heavy atom. The first-order valence-corrected chi connectivity index (χ1v) is 8.52. The number of benzene rings is 1. The number of pyridine rings is 1. The minimum absolute atomic E-state index is 0.395. The maximum Gasteiger partial charge on any atom is 0.252 e. The Bertz CT molecular complexity index is 706. The third-order valence-electron chi connectivity index (χ3n) is 4.46. The molecule has 1 heterocycles. The lowest BCUT2D eigenvalue weighted by Gasteiger charge is -2.25. The minimum atomic E-state index is -0.456. The summed E-state index contributed by atoms with van der Waals surface area (Å²) < 4.78 is 0. The van der Waals surface area contributed by atoms with E-state index in [9.17, 15) is 4.79 Å². The van der Waals surface area contributed by atoms with E-state index in [0.29, 0.717) is 17.4 Å². The van der Waals surface area contributed by atoms with Gasteiger partial charge in [-0.3, -0.25) is 4.79 Å². The molecule has 0 saturated heterocycles. The Morgan fingerprint density at radius 2 is 1.88 bits per heavy atom. The van der Waals surface area contributed by atoms with E-state index in [0.717, 1.165) is 24.2 Å². The highest BCUT2D eigenvalue weighted by molar-refractivity contribution is 5.98. The fourth-order valence-corrected chi connectivity index (χ4v) is 3.09. The van der Waals surface area contributed by atoms with Gasteiger partial charge in [0.15, 0.2) is 0 Å². The monoisotopic (exact) mass is 324 g/mol. The molecule has 3 rings (SSSR count). The summed E-state index contributed by atoms with van der Waals surface area (Å²) in [7, 11) is 0. The number of nitrogens with one attached hydrogen (secondary N) is 2. The van der Waals surface area contributed by atoms with Crippen LogP contribution in [-0.4, -0.2) is 16.9 Å². The van der Waals surface area contributed by atoms with E-state index in [2.05, 4.69) is 22.5 Å². The molecule has 2 aromatic rings. The minimum Gasteiger partial charge on any atom is -0.382 e. The largest absolute Gasteiger partial charge is 0.382 e. The van der Waals surface area contributed by atoms with Gasteiger partial charge >= 0.3 is 0 Å². The van der Waals surface area contributed by atoms with Gasteiger partial charge in [-0.15, -0.1) is 0 Å². The number of aromatic nitrogens is 1. The summed E-state index contributed by atoms with van der Waals surface area (Å²) in [6, 6.07) is 10.4. The average Bonchev–Trinajstić information content (AvgIpc) is 2.58. The zero-order valence-corrected chi connectivity index (χ0v) is 14.0. The number of hydrogen-bond donors (Lipinski definition) is 3. The first kappa shape index (κ1) is 16.3. The quantitative estimate of drug-likeness (QED) is 0.777. The molecule has 0 aliphatic heterocycles. The Hall–Kier alpha value is -2.56. The van der Waals surface area contributed by atoms with E-state index < -0.39 is 5.91 Å². The second-order valence-corrected chi connectivity index (χ2v) is 6.45.